The summed E-state index contributed by atoms with van der Waals surface area (Å²) >= 11 is 0. The Hall–Kier alpha value is -5.86. The summed E-state index contributed by atoms with van der Waals surface area (Å²) in [5.74, 6) is -4.83. The van der Waals surface area contributed by atoms with Crippen LogP contribution in [0.4, 0.5) is 15.3 Å². The maximum atomic E-state index is 14.6. The molecule has 0 radical (unpaired) electrons. The molecule has 3 heterocycles. The summed E-state index contributed by atoms with van der Waals surface area (Å²) in [5, 5.41) is 36.6. The Morgan fingerprint density at radius 2 is 1.63 bits per heavy atom. The van der Waals surface area contributed by atoms with E-state index < -0.39 is 137 Å². The summed E-state index contributed by atoms with van der Waals surface area (Å²) in [6.45, 7) is 16.4. The van der Waals surface area contributed by atoms with E-state index in [4.69, 9.17) is 44.6 Å². The number of anilines is 1. The van der Waals surface area contributed by atoms with Crippen LogP contribution in [0.3, 0.4) is 0 Å². The molecule has 6 fully saturated rings. The van der Waals surface area contributed by atoms with Gasteiger partial charge in [-0.2, -0.15) is 0 Å². The van der Waals surface area contributed by atoms with Gasteiger partial charge in [-0.1, -0.05) is 64.8 Å². The van der Waals surface area contributed by atoms with E-state index in [0.29, 0.717) is 43.5 Å². The van der Waals surface area contributed by atoms with Crippen molar-refractivity contribution < 1.29 is 81.7 Å². The number of aliphatic hydroxyl groups excluding tert-OH is 2. The monoisotopic (exact) mass is 1210 g/mol. The molecule has 3 aliphatic heterocycles. The van der Waals surface area contributed by atoms with E-state index in [0.717, 1.165) is 18.4 Å². The van der Waals surface area contributed by atoms with Crippen molar-refractivity contribution in [3.63, 3.8) is 0 Å². The van der Waals surface area contributed by atoms with Gasteiger partial charge in [-0.25, -0.2) is 9.59 Å². The van der Waals surface area contributed by atoms with Crippen LogP contribution < -0.4 is 38.1 Å². The van der Waals surface area contributed by atoms with Crippen LogP contribution in [0.2, 0.25) is 0 Å². The second kappa shape index (κ2) is 26.9. The number of ether oxygens (including phenoxy) is 7. The minimum Gasteiger partial charge on any atom is -0.429 e. The SMILES string of the molecule is CCCC1O[C@@H]2C[C@H]3[C@@H]4CCC5=CC(=O)C=C[C@]5(C)[C@H]4[C@@H](O)C[C@]3(C)[C@]2(C(=O)COC(=O)OCc2ccc(NC(=O)[C@H](CCCNC(N)=O)NC(=O)[C@@H](NC(=O)[C@H](N)CCC(=O)NC[C@H](O)[C@H]3CC(C)(C)O[C@@H]3[C@H]3COC(C)(C)O3)C(C)C)cc2)O1. The van der Waals surface area contributed by atoms with E-state index in [2.05, 4.69) is 33.5 Å². The van der Waals surface area contributed by atoms with Gasteiger partial charge in [0.25, 0.3) is 0 Å². The first-order valence-corrected chi connectivity index (χ1v) is 30.5. The predicted octanol–water partition coefficient (Wildman–Crippen LogP) is 4.01. The first-order chi connectivity index (χ1) is 40.5. The minimum absolute atomic E-state index is 0.00887. The first-order valence-electron chi connectivity index (χ1n) is 30.5. The molecule has 0 aromatic heterocycles. The van der Waals surface area contributed by atoms with Crippen LogP contribution >= 0.6 is 0 Å². The average Bonchev–Trinajstić information content (AvgIpc) is 1.47. The van der Waals surface area contributed by atoms with Crippen LogP contribution in [0.1, 0.15) is 139 Å². The van der Waals surface area contributed by atoms with Crippen LogP contribution in [0, 0.1) is 40.4 Å². The van der Waals surface area contributed by atoms with Crippen LogP contribution in [0.25, 0.3) is 0 Å². The number of aliphatic hydroxyl groups is 2. The van der Waals surface area contributed by atoms with Gasteiger partial charge in [-0.15, -0.1) is 0 Å². The van der Waals surface area contributed by atoms with Gasteiger partial charge >= 0.3 is 12.2 Å². The molecule has 3 saturated heterocycles. The summed E-state index contributed by atoms with van der Waals surface area (Å²) < 4.78 is 42.1. The van der Waals surface area contributed by atoms with Gasteiger partial charge in [0.2, 0.25) is 29.4 Å². The Bertz CT molecular complexity index is 2760. The molecule has 476 valence electrons. The van der Waals surface area contributed by atoms with Gasteiger partial charge in [0.1, 0.15) is 24.8 Å². The highest BCUT2D eigenvalue weighted by molar-refractivity contribution is 6.01. The number of carbonyl (C=O) groups is 8. The number of primary amides is 1. The Morgan fingerprint density at radius 1 is 0.895 bits per heavy atom. The molecule has 86 heavy (non-hydrogen) atoms. The third-order valence-corrected chi connectivity index (χ3v) is 19.0. The van der Waals surface area contributed by atoms with Crippen molar-refractivity contribution in [2.75, 3.05) is 31.6 Å². The number of hydrogen-bond donors (Lipinski definition) is 9. The number of urea groups is 1. The lowest BCUT2D eigenvalue weighted by Gasteiger charge is -2.59. The number of allylic oxidation sites excluding steroid dienone is 4. The Balaban J connectivity index is 0.813. The number of nitrogens with two attached hydrogens (primary N) is 2. The molecule has 16 atom stereocenters. The van der Waals surface area contributed by atoms with Gasteiger partial charge in [0.15, 0.2) is 30.1 Å². The number of fused-ring (bicyclic) bond motifs is 7. The Morgan fingerprint density at radius 3 is 2.30 bits per heavy atom. The number of nitrogens with one attached hydrogen (secondary N) is 5. The Kier molecular flexibility index (Phi) is 20.6. The van der Waals surface area contributed by atoms with Crippen LogP contribution in [0.5, 0.6) is 0 Å². The van der Waals surface area contributed by atoms with Gasteiger partial charge in [0, 0.05) is 47.9 Å². The molecule has 8 rings (SSSR count). The smallest absolute Gasteiger partial charge is 0.429 e. The highest BCUT2D eigenvalue weighted by Crippen LogP contribution is 2.70. The second-order valence-electron chi connectivity index (χ2n) is 26.4. The Labute approximate surface area is 503 Å². The highest BCUT2D eigenvalue weighted by Gasteiger charge is 2.76. The van der Waals surface area contributed by atoms with Crippen molar-refractivity contribution in [1.29, 1.82) is 0 Å². The number of benzene rings is 1. The number of rotatable bonds is 25. The second-order valence-corrected chi connectivity index (χ2v) is 26.4. The molecule has 1 aromatic carbocycles. The van der Waals surface area contributed by atoms with Crippen LogP contribution in [-0.4, -0.2) is 156 Å². The van der Waals surface area contributed by atoms with E-state index in [-0.39, 0.29) is 81.3 Å². The number of ketones is 2. The van der Waals surface area contributed by atoms with Gasteiger partial charge < -0.3 is 81.4 Å². The molecular formula is C62H91N7O17. The topological polar surface area (TPSA) is 354 Å². The minimum atomic E-state index is -1.49. The van der Waals surface area contributed by atoms with Gasteiger partial charge in [-0.05, 0) is 133 Å². The summed E-state index contributed by atoms with van der Waals surface area (Å²) in [7, 11) is 0. The summed E-state index contributed by atoms with van der Waals surface area (Å²) in [6, 6.07) is 2.02. The number of amides is 6. The summed E-state index contributed by atoms with van der Waals surface area (Å²) in [4.78, 5) is 106. The molecule has 0 bridgehead atoms. The zero-order valence-electron chi connectivity index (χ0n) is 51.1. The van der Waals surface area contributed by atoms with Crippen molar-refractivity contribution in [2.24, 2.45) is 51.9 Å². The maximum absolute atomic E-state index is 14.6. The molecule has 24 heteroatoms. The van der Waals surface area contributed by atoms with Crippen LogP contribution in [-0.2, 0) is 68.5 Å². The first kappa shape index (κ1) is 66.1. The molecule has 1 aromatic rings. The lowest BCUT2D eigenvalue weighted by molar-refractivity contribution is -0.200. The lowest BCUT2D eigenvalue weighted by atomic mass is 9.46. The van der Waals surface area contributed by atoms with E-state index >= 15 is 0 Å². The summed E-state index contributed by atoms with van der Waals surface area (Å²) in [6.07, 6.45) is 4.28. The fourth-order valence-electron chi connectivity index (χ4n) is 14.8. The average molecular weight is 1210 g/mol. The fraction of sp³-hybridized carbons (Fsp3) is 0.710. The van der Waals surface area contributed by atoms with E-state index in [9.17, 15) is 48.6 Å². The quantitative estimate of drug-likeness (QED) is 0.0493. The van der Waals surface area contributed by atoms with Crippen LogP contribution in [0.15, 0.2) is 48.1 Å². The molecule has 6 amide bonds. The number of hydrogen-bond acceptors (Lipinski definition) is 18. The molecule has 0 spiro atoms. The van der Waals surface area contributed by atoms with Crippen molar-refractivity contribution >= 4 is 53.1 Å². The molecule has 1 unspecified atom stereocenters. The summed E-state index contributed by atoms with van der Waals surface area (Å²) in [5.41, 5.74) is 9.94. The molecule has 4 aliphatic carbocycles. The number of carbonyl (C=O) groups excluding carboxylic acids is 8. The maximum Gasteiger partial charge on any atom is 0.509 e. The van der Waals surface area contributed by atoms with Crippen molar-refractivity contribution in [2.45, 2.75) is 211 Å². The highest BCUT2D eigenvalue weighted by atomic mass is 16.8. The predicted molar refractivity (Wildman–Crippen MR) is 311 cm³/mol. The third kappa shape index (κ3) is 14.5. The molecular weight excluding hydrogens is 1110 g/mol. The normalized spacial score (nSPS) is 32.5. The van der Waals surface area contributed by atoms with E-state index in [1.54, 1.807) is 50.3 Å². The molecule has 24 nitrogen and oxygen atoms in total. The van der Waals surface area contributed by atoms with E-state index in [1.165, 1.54) is 0 Å². The largest absolute Gasteiger partial charge is 0.509 e. The van der Waals surface area contributed by atoms with Gasteiger partial charge in [0.05, 0.1) is 42.7 Å². The number of Topliss-reactive ketones (excluding diaryl/α,β-unsaturated/α-hetero) is 1. The van der Waals surface area contributed by atoms with E-state index in [1.807, 2.05) is 47.6 Å². The molecule has 3 saturated carbocycles. The molecule has 7 aliphatic rings. The lowest BCUT2D eigenvalue weighted by Crippen LogP contribution is -2.63. The fourth-order valence-corrected chi connectivity index (χ4v) is 14.8. The van der Waals surface area contributed by atoms with Gasteiger partial charge in [-0.3, -0.25) is 28.8 Å². The van der Waals surface area contributed by atoms with Crippen molar-refractivity contribution in [3.8, 4) is 0 Å². The van der Waals surface area contributed by atoms with Crippen molar-refractivity contribution in [3.05, 3.63) is 53.6 Å². The third-order valence-electron chi connectivity index (χ3n) is 19.0. The van der Waals surface area contributed by atoms with Crippen molar-refractivity contribution in [1.82, 2.24) is 21.3 Å². The standard InChI is InChI=1S/C62H91N7O17/c1-10-12-49-83-47-26-40-38-19-16-35-25-37(70)22-23-60(35,8)50(38)43(71)28-61(40,9)62(47,85-49)46(73)32-81-57(79)80-30-34-14-17-36(18-15-34)67-54(76)42(13-11-24-65-56(64)78)68-55(77)51(33(2)3)69-53(75)41(63)20-21-48(74)66-29-44(72)39-27-58(4,5)86-52(39)45-31-82-59(6,7)84-45/h14-15,17-18,22-23,25,33,38-45,47,49-52,71-72H,10-13,16,19-21,24,26-32,63H2,1-9H3,(H,66,74)(H,67,76)(H,68,77)(H,69,75)(H3,64,65,78)/t38-,39+,40-,41+,42-,43-,44-,45+,47+,49?,50+,51-,52-,60-,61-,62+/m0/s1. The molecule has 11 N–H and O–H groups in total. The zero-order valence-corrected chi connectivity index (χ0v) is 51.1. The zero-order chi connectivity index (χ0) is 62.7.